The van der Waals surface area contributed by atoms with Crippen molar-refractivity contribution in [2.24, 2.45) is 0 Å². The van der Waals surface area contributed by atoms with Crippen LogP contribution in [0.15, 0.2) is 0 Å². The van der Waals surface area contributed by atoms with E-state index >= 15 is 0 Å². The lowest BCUT2D eigenvalue weighted by Gasteiger charge is -2.13. The molecule has 0 aromatic rings. The van der Waals surface area contributed by atoms with Gasteiger partial charge in [0.05, 0.1) is 12.7 Å². The first kappa shape index (κ1) is 10.4. The summed E-state index contributed by atoms with van der Waals surface area (Å²) in [6.07, 6.45) is 0.729. The molecule has 0 aliphatic carbocycles. The van der Waals surface area contributed by atoms with Crippen LogP contribution >= 0.6 is 0 Å². The zero-order valence-electron chi connectivity index (χ0n) is 7.49. The quantitative estimate of drug-likeness (QED) is 0.410. The number of hydrogen-bond donors (Lipinski definition) is 4. The number of carbonyl (C=O) groups excluding carboxylic acids is 1. The fourth-order valence-electron chi connectivity index (χ4n) is 1.32. The molecule has 1 amide bonds. The minimum atomic E-state index is -0.711. The molecule has 1 saturated heterocycles. The molecule has 1 aliphatic rings. The molecule has 5 nitrogen and oxygen atoms in total. The summed E-state index contributed by atoms with van der Waals surface area (Å²) in [4.78, 5) is 10.8. The van der Waals surface area contributed by atoms with Gasteiger partial charge < -0.3 is 20.8 Å². The van der Waals surface area contributed by atoms with Gasteiger partial charge in [0.15, 0.2) is 0 Å². The van der Waals surface area contributed by atoms with Crippen LogP contribution in [0.5, 0.6) is 0 Å². The van der Waals surface area contributed by atoms with Crippen LogP contribution in [-0.4, -0.2) is 48.0 Å². The number of hydrogen-bond acceptors (Lipinski definition) is 4. The predicted molar refractivity (Wildman–Crippen MR) is 47.1 cm³/mol. The lowest BCUT2D eigenvalue weighted by Crippen LogP contribution is -2.39. The van der Waals surface area contributed by atoms with Gasteiger partial charge in [0.1, 0.15) is 0 Å². The Labute approximate surface area is 77.1 Å². The van der Waals surface area contributed by atoms with Gasteiger partial charge in [-0.05, 0) is 6.42 Å². The summed E-state index contributed by atoms with van der Waals surface area (Å²) in [5.41, 5.74) is 0. The van der Waals surface area contributed by atoms with Crippen molar-refractivity contribution in [3.63, 3.8) is 0 Å². The first-order chi connectivity index (χ1) is 6.22. The van der Waals surface area contributed by atoms with Crippen molar-refractivity contribution >= 4 is 5.91 Å². The third kappa shape index (κ3) is 3.71. The third-order valence-corrected chi connectivity index (χ3v) is 2.07. The van der Waals surface area contributed by atoms with Gasteiger partial charge in [-0.25, -0.2) is 0 Å². The van der Waals surface area contributed by atoms with E-state index in [4.69, 9.17) is 10.2 Å². The maximum Gasteiger partial charge on any atom is 0.220 e. The SMILES string of the molecule is O=C1CCC(CNCC(O)CO)N1. The van der Waals surface area contributed by atoms with E-state index in [2.05, 4.69) is 10.6 Å². The molecule has 1 fully saturated rings. The van der Waals surface area contributed by atoms with E-state index in [9.17, 15) is 4.79 Å². The van der Waals surface area contributed by atoms with Crippen LogP contribution in [0.4, 0.5) is 0 Å². The topological polar surface area (TPSA) is 81.6 Å². The molecule has 1 aliphatic heterocycles. The molecule has 2 unspecified atom stereocenters. The summed E-state index contributed by atoms with van der Waals surface area (Å²) in [6, 6.07) is 0.179. The highest BCUT2D eigenvalue weighted by Crippen LogP contribution is 2.04. The summed E-state index contributed by atoms with van der Waals surface area (Å²) >= 11 is 0. The Morgan fingerprint density at radius 2 is 2.46 bits per heavy atom. The summed E-state index contributed by atoms with van der Waals surface area (Å²) in [7, 11) is 0. The van der Waals surface area contributed by atoms with Crippen molar-refractivity contribution < 1.29 is 15.0 Å². The Bertz CT molecular complexity index is 175. The summed E-state index contributed by atoms with van der Waals surface area (Å²) in [5.74, 6) is 0.0921. The summed E-state index contributed by atoms with van der Waals surface area (Å²) in [5, 5.41) is 23.3. The molecule has 76 valence electrons. The molecular formula is C8H16N2O3. The number of amides is 1. The largest absolute Gasteiger partial charge is 0.394 e. The zero-order chi connectivity index (χ0) is 9.68. The minimum Gasteiger partial charge on any atom is -0.394 e. The smallest absolute Gasteiger partial charge is 0.220 e. The molecule has 0 spiro atoms. The van der Waals surface area contributed by atoms with Crippen molar-refractivity contribution in [3.8, 4) is 0 Å². The fourth-order valence-corrected chi connectivity index (χ4v) is 1.32. The van der Waals surface area contributed by atoms with E-state index in [1.165, 1.54) is 0 Å². The third-order valence-electron chi connectivity index (χ3n) is 2.07. The van der Waals surface area contributed by atoms with Crippen molar-refractivity contribution in [1.29, 1.82) is 0 Å². The maximum absolute atomic E-state index is 10.8. The number of carbonyl (C=O) groups is 1. The molecule has 13 heavy (non-hydrogen) atoms. The molecule has 4 N–H and O–H groups in total. The van der Waals surface area contributed by atoms with Crippen molar-refractivity contribution in [2.75, 3.05) is 19.7 Å². The average Bonchev–Trinajstić information content (AvgIpc) is 2.51. The van der Waals surface area contributed by atoms with E-state index in [0.717, 1.165) is 6.42 Å². The van der Waals surface area contributed by atoms with Crippen molar-refractivity contribution in [3.05, 3.63) is 0 Å². The second kappa shape index (κ2) is 5.16. The Kier molecular flexibility index (Phi) is 4.14. The summed E-state index contributed by atoms with van der Waals surface area (Å²) in [6.45, 7) is 0.787. The molecular weight excluding hydrogens is 172 g/mol. The average molecular weight is 188 g/mol. The number of aliphatic hydroxyl groups excluding tert-OH is 2. The van der Waals surface area contributed by atoms with Gasteiger partial charge >= 0.3 is 0 Å². The molecule has 0 saturated carbocycles. The molecule has 1 rings (SSSR count). The maximum atomic E-state index is 10.8. The van der Waals surface area contributed by atoms with E-state index in [-0.39, 0.29) is 18.6 Å². The van der Waals surface area contributed by atoms with Crippen LogP contribution in [0.25, 0.3) is 0 Å². The highest BCUT2D eigenvalue weighted by molar-refractivity contribution is 5.78. The Morgan fingerprint density at radius 1 is 1.69 bits per heavy atom. The van der Waals surface area contributed by atoms with E-state index in [1.54, 1.807) is 0 Å². The van der Waals surface area contributed by atoms with Crippen molar-refractivity contribution in [2.45, 2.75) is 25.0 Å². The highest BCUT2D eigenvalue weighted by Gasteiger charge is 2.19. The van der Waals surface area contributed by atoms with Gasteiger partial charge in [0.25, 0.3) is 0 Å². The Balaban J connectivity index is 2.03. The van der Waals surface area contributed by atoms with Crippen molar-refractivity contribution in [1.82, 2.24) is 10.6 Å². The number of rotatable bonds is 5. The Hall–Kier alpha value is -0.650. The second-order valence-corrected chi connectivity index (χ2v) is 3.30. The minimum absolute atomic E-state index is 0.0921. The molecule has 2 atom stereocenters. The standard InChI is InChI=1S/C8H16N2O3/c11-5-7(12)4-9-3-6-1-2-8(13)10-6/h6-7,9,11-12H,1-5H2,(H,10,13). The number of nitrogens with one attached hydrogen (secondary N) is 2. The van der Waals surface area contributed by atoms with E-state index in [0.29, 0.717) is 19.5 Å². The van der Waals surface area contributed by atoms with Gasteiger partial charge in [-0.15, -0.1) is 0 Å². The van der Waals surface area contributed by atoms with Gasteiger partial charge in [-0.1, -0.05) is 0 Å². The van der Waals surface area contributed by atoms with E-state index in [1.807, 2.05) is 0 Å². The van der Waals surface area contributed by atoms with Crippen LogP contribution in [0.3, 0.4) is 0 Å². The zero-order valence-corrected chi connectivity index (χ0v) is 7.49. The van der Waals surface area contributed by atoms with Gasteiger partial charge in [0.2, 0.25) is 5.91 Å². The van der Waals surface area contributed by atoms with E-state index < -0.39 is 6.10 Å². The van der Waals surface area contributed by atoms with Crippen LogP contribution in [-0.2, 0) is 4.79 Å². The molecule has 0 radical (unpaired) electrons. The second-order valence-electron chi connectivity index (χ2n) is 3.30. The van der Waals surface area contributed by atoms with Gasteiger partial charge in [-0.3, -0.25) is 4.79 Å². The molecule has 0 bridgehead atoms. The molecule has 0 aromatic carbocycles. The van der Waals surface area contributed by atoms with Crippen LogP contribution in [0, 0.1) is 0 Å². The van der Waals surface area contributed by atoms with Gasteiger partial charge in [-0.2, -0.15) is 0 Å². The predicted octanol–water partition coefficient (Wildman–Crippen LogP) is -1.79. The van der Waals surface area contributed by atoms with Crippen LogP contribution in [0.2, 0.25) is 0 Å². The lowest BCUT2D eigenvalue weighted by molar-refractivity contribution is -0.119. The monoisotopic (exact) mass is 188 g/mol. The fraction of sp³-hybridized carbons (Fsp3) is 0.875. The Morgan fingerprint density at radius 3 is 3.00 bits per heavy atom. The van der Waals surface area contributed by atoms with Crippen LogP contribution in [0.1, 0.15) is 12.8 Å². The lowest BCUT2D eigenvalue weighted by atomic mass is 10.2. The normalized spacial score (nSPS) is 24.5. The first-order valence-electron chi connectivity index (χ1n) is 4.51. The van der Waals surface area contributed by atoms with Gasteiger partial charge in [0, 0.05) is 25.6 Å². The number of aliphatic hydroxyl groups is 2. The highest BCUT2D eigenvalue weighted by atomic mass is 16.3. The summed E-state index contributed by atoms with van der Waals surface area (Å²) < 4.78 is 0. The first-order valence-corrected chi connectivity index (χ1v) is 4.51. The molecule has 5 heteroatoms. The molecule has 0 aromatic heterocycles. The molecule has 1 heterocycles. The van der Waals surface area contributed by atoms with Crippen LogP contribution < -0.4 is 10.6 Å².